The molecule has 0 bridgehead atoms. The average Bonchev–Trinajstić information content (AvgIpc) is 3.60. The summed E-state index contributed by atoms with van der Waals surface area (Å²) in [6, 6.07) is 13.4. The molecule has 0 radical (unpaired) electrons. The number of carbonyl (C=O) groups is 2. The first-order valence-corrected chi connectivity index (χ1v) is 12.4. The SMILES string of the molecule is CC1=C(C(=O)O)CC(C(=O)O)(c2cccc(C)c2COc2ccc(-n3ccc(C4CC4)n3)cc2C)C=C1. The van der Waals surface area contributed by atoms with Gasteiger partial charge in [0.15, 0.2) is 0 Å². The van der Waals surface area contributed by atoms with Crippen LogP contribution in [0.1, 0.15) is 60.1 Å². The zero-order valence-electron chi connectivity index (χ0n) is 21.2. The van der Waals surface area contributed by atoms with Gasteiger partial charge in [0, 0.05) is 24.1 Å². The Morgan fingerprint density at radius 1 is 1.08 bits per heavy atom. The minimum atomic E-state index is -1.49. The van der Waals surface area contributed by atoms with Crippen molar-refractivity contribution in [2.45, 2.75) is 58.0 Å². The number of hydrogen-bond donors (Lipinski definition) is 2. The lowest BCUT2D eigenvalue weighted by atomic mass is 9.69. The van der Waals surface area contributed by atoms with Gasteiger partial charge in [0.25, 0.3) is 0 Å². The summed E-state index contributed by atoms with van der Waals surface area (Å²) in [6.45, 7) is 5.73. The van der Waals surface area contributed by atoms with Crippen molar-refractivity contribution >= 4 is 11.9 Å². The summed E-state index contributed by atoms with van der Waals surface area (Å²) in [5.74, 6) is -0.910. The van der Waals surface area contributed by atoms with Crippen molar-refractivity contribution < 1.29 is 24.5 Å². The zero-order valence-corrected chi connectivity index (χ0v) is 21.2. The van der Waals surface area contributed by atoms with E-state index in [1.54, 1.807) is 31.2 Å². The molecule has 37 heavy (non-hydrogen) atoms. The van der Waals surface area contributed by atoms with Gasteiger partial charge in [-0.25, -0.2) is 9.48 Å². The summed E-state index contributed by atoms with van der Waals surface area (Å²) in [5.41, 5.74) is 4.36. The van der Waals surface area contributed by atoms with Crippen LogP contribution >= 0.6 is 0 Å². The number of aryl methyl sites for hydroxylation is 2. The summed E-state index contributed by atoms with van der Waals surface area (Å²) in [4.78, 5) is 24.5. The van der Waals surface area contributed by atoms with Gasteiger partial charge in [-0.3, -0.25) is 4.79 Å². The summed E-state index contributed by atoms with van der Waals surface area (Å²) in [6.07, 6.45) is 7.46. The minimum Gasteiger partial charge on any atom is -0.489 e. The maximum atomic E-state index is 12.6. The van der Waals surface area contributed by atoms with E-state index in [0.717, 1.165) is 28.1 Å². The molecular weight excluding hydrogens is 468 g/mol. The van der Waals surface area contributed by atoms with E-state index in [-0.39, 0.29) is 18.6 Å². The van der Waals surface area contributed by atoms with Crippen molar-refractivity contribution in [1.29, 1.82) is 0 Å². The molecule has 5 rings (SSSR count). The first-order valence-electron chi connectivity index (χ1n) is 12.4. The van der Waals surface area contributed by atoms with Crippen LogP contribution in [0.3, 0.4) is 0 Å². The molecule has 0 aliphatic heterocycles. The Morgan fingerprint density at radius 2 is 1.86 bits per heavy atom. The molecule has 1 heterocycles. The van der Waals surface area contributed by atoms with Gasteiger partial charge in [0.05, 0.1) is 11.4 Å². The van der Waals surface area contributed by atoms with E-state index in [1.807, 2.05) is 49.0 Å². The Kier molecular flexibility index (Phi) is 6.23. The molecule has 3 aromatic rings. The van der Waals surface area contributed by atoms with Gasteiger partial charge >= 0.3 is 11.9 Å². The Morgan fingerprint density at radius 3 is 2.54 bits per heavy atom. The molecule has 7 nitrogen and oxygen atoms in total. The second-order valence-electron chi connectivity index (χ2n) is 10.1. The summed E-state index contributed by atoms with van der Waals surface area (Å²) < 4.78 is 8.11. The van der Waals surface area contributed by atoms with Gasteiger partial charge in [-0.2, -0.15) is 5.10 Å². The molecule has 0 amide bonds. The highest BCUT2D eigenvalue weighted by molar-refractivity contribution is 5.94. The number of aromatic nitrogens is 2. The lowest BCUT2D eigenvalue weighted by Gasteiger charge is -2.32. The fraction of sp³-hybridized carbons (Fsp3) is 0.300. The van der Waals surface area contributed by atoms with Crippen molar-refractivity contribution in [1.82, 2.24) is 9.78 Å². The first kappa shape index (κ1) is 24.6. The van der Waals surface area contributed by atoms with Crippen LogP contribution in [-0.2, 0) is 21.6 Å². The number of carboxylic acids is 2. The molecular formula is C30H30N2O5. The third-order valence-electron chi connectivity index (χ3n) is 7.48. The third-order valence-corrected chi connectivity index (χ3v) is 7.48. The van der Waals surface area contributed by atoms with Crippen molar-refractivity contribution in [3.8, 4) is 11.4 Å². The van der Waals surface area contributed by atoms with E-state index < -0.39 is 17.4 Å². The van der Waals surface area contributed by atoms with Gasteiger partial charge in [-0.1, -0.05) is 30.4 Å². The van der Waals surface area contributed by atoms with Crippen LogP contribution in [0, 0.1) is 13.8 Å². The van der Waals surface area contributed by atoms with Crippen molar-refractivity contribution in [3.05, 3.63) is 99.9 Å². The molecule has 1 unspecified atom stereocenters. The number of ether oxygens (including phenoxy) is 1. The van der Waals surface area contributed by atoms with E-state index in [0.29, 0.717) is 22.8 Å². The highest BCUT2D eigenvalue weighted by Crippen LogP contribution is 2.41. The maximum absolute atomic E-state index is 12.6. The Balaban J connectivity index is 1.43. The van der Waals surface area contributed by atoms with Crippen molar-refractivity contribution in [2.75, 3.05) is 0 Å². The number of aliphatic carboxylic acids is 2. The number of nitrogens with zero attached hydrogens (tertiary/aromatic N) is 2. The van der Waals surface area contributed by atoms with Crippen LogP contribution in [-0.4, -0.2) is 31.9 Å². The largest absolute Gasteiger partial charge is 0.489 e. The summed E-state index contributed by atoms with van der Waals surface area (Å²) in [5, 5.41) is 24.7. The maximum Gasteiger partial charge on any atom is 0.331 e. The van der Waals surface area contributed by atoms with Gasteiger partial charge in [0.1, 0.15) is 17.8 Å². The van der Waals surface area contributed by atoms with Crippen LogP contribution in [0.25, 0.3) is 5.69 Å². The van der Waals surface area contributed by atoms with Crippen LogP contribution in [0.4, 0.5) is 0 Å². The van der Waals surface area contributed by atoms with Crippen LogP contribution in [0.2, 0.25) is 0 Å². The Bertz CT molecular complexity index is 1460. The van der Waals surface area contributed by atoms with Crippen LogP contribution in [0.5, 0.6) is 5.75 Å². The van der Waals surface area contributed by atoms with Gasteiger partial charge in [0.2, 0.25) is 0 Å². The molecule has 1 fully saturated rings. The number of rotatable bonds is 8. The first-order chi connectivity index (χ1) is 17.7. The third kappa shape index (κ3) is 4.57. The molecule has 7 heteroatoms. The number of carboxylic acid groups (broad SMARTS) is 2. The Labute approximate surface area is 215 Å². The van der Waals surface area contributed by atoms with E-state index >= 15 is 0 Å². The number of hydrogen-bond acceptors (Lipinski definition) is 4. The Hall–Kier alpha value is -4.13. The second-order valence-corrected chi connectivity index (χ2v) is 10.1. The summed E-state index contributed by atoms with van der Waals surface area (Å²) >= 11 is 0. The van der Waals surface area contributed by atoms with E-state index in [9.17, 15) is 19.8 Å². The summed E-state index contributed by atoms with van der Waals surface area (Å²) in [7, 11) is 0. The van der Waals surface area contributed by atoms with Crippen molar-refractivity contribution in [3.63, 3.8) is 0 Å². The normalized spacial score (nSPS) is 19.2. The zero-order chi connectivity index (χ0) is 26.3. The highest BCUT2D eigenvalue weighted by Gasteiger charge is 2.43. The lowest BCUT2D eigenvalue weighted by molar-refractivity contribution is -0.142. The van der Waals surface area contributed by atoms with Crippen LogP contribution < -0.4 is 4.74 Å². The van der Waals surface area contributed by atoms with Crippen LogP contribution in [0.15, 0.2) is 72.0 Å². The van der Waals surface area contributed by atoms with Crippen molar-refractivity contribution in [2.24, 2.45) is 0 Å². The molecule has 1 atom stereocenters. The van der Waals surface area contributed by atoms with Gasteiger partial charge in [-0.05, 0) is 85.7 Å². The number of allylic oxidation sites excluding steroid dienone is 2. The fourth-order valence-electron chi connectivity index (χ4n) is 5.01. The lowest BCUT2D eigenvalue weighted by Crippen LogP contribution is -2.38. The standard InChI is InChI=1S/C30H30N2O5/c1-18-5-4-6-25(30(29(35)36)13-11-19(2)23(16-30)28(33)34)24(18)17-37-27-10-9-22(15-20(27)3)32-14-12-26(31-32)21-7-8-21/h4-6,9-15,21H,7-8,16-17H2,1-3H3,(H,33,34)(H,35,36). The topological polar surface area (TPSA) is 102 Å². The number of benzene rings is 2. The van der Waals surface area contributed by atoms with E-state index in [4.69, 9.17) is 9.84 Å². The molecule has 0 spiro atoms. The predicted octanol–water partition coefficient (Wildman–Crippen LogP) is 5.63. The molecule has 2 aliphatic rings. The quantitative estimate of drug-likeness (QED) is 0.417. The fourth-order valence-corrected chi connectivity index (χ4v) is 5.01. The van der Waals surface area contributed by atoms with E-state index in [1.165, 1.54) is 12.8 Å². The van der Waals surface area contributed by atoms with Gasteiger partial charge < -0.3 is 14.9 Å². The smallest absolute Gasteiger partial charge is 0.331 e. The molecule has 2 N–H and O–H groups in total. The molecule has 0 saturated heterocycles. The predicted molar refractivity (Wildman–Crippen MR) is 139 cm³/mol. The molecule has 2 aromatic carbocycles. The second kappa shape index (κ2) is 9.39. The molecule has 1 saturated carbocycles. The average molecular weight is 499 g/mol. The monoisotopic (exact) mass is 498 g/mol. The van der Waals surface area contributed by atoms with E-state index in [2.05, 4.69) is 6.07 Å². The molecule has 1 aromatic heterocycles. The highest BCUT2D eigenvalue weighted by atomic mass is 16.5. The molecule has 2 aliphatic carbocycles. The molecule has 190 valence electrons. The van der Waals surface area contributed by atoms with Gasteiger partial charge in [-0.15, -0.1) is 0 Å². The minimum absolute atomic E-state index is 0.105.